The van der Waals surface area contributed by atoms with Gasteiger partial charge < -0.3 is 25.7 Å². The molecule has 1 saturated heterocycles. The topological polar surface area (TPSA) is 102 Å². The monoisotopic (exact) mass is 273 g/mol. The highest BCUT2D eigenvalue weighted by Gasteiger charge is 2.20. The molecule has 1 aliphatic carbocycles. The first-order valence-electron chi connectivity index (χ1n) is 6.77. The molecule has 0 bridgehead atoms. The standard InChI is InChI=1S/C11H21N3O.CH2O3/c15-11(14-8-6-12-7-9-14)13-10-4-2-1-3-5-10;2-1(3)4/h10,12H,1-9H2,(H,13,15);(H2,2,3,4). The Morgan fingerprint density at radius 1 is 1.05 bits per heavy atom. The lowest BCUT2D eigenvalue weighted by Crippen LogP contribution is -2.52. The molecule has 0 atom stereocenters. The van der Waals surface area contributed by atoms with Crippen LogP contribution in [0.1, 0.15) is 32.1 Å². The van der Waals surface area contributed by atoms with E-state index in [4.69, 9.17) is 15.0 Å². The predicted molar refractivity (Wildman–Crippen MR) is 70.5 cm³/mol. The maximum Gasteiger partial charge on any atom is 0.503 e. The van der Waals surface area contributed by atoms with Crippen LogP contribution in [0.3, 0.4) is 0 Å². The zero-order valence-electron chi connectivity index (χ0n) is 11.1. The van der Waals surface area contributed by atoms with Crippen LogP contribution in [0.5, 0.6) is 0 Å². The lowest BCUT2D eigenvalue weighted by atomic mass is 9.96. The Morgan fingerprint density at radius 3 is 2.11 bits per heavy atom. The van der Waals surface area contributed by atoms with E-state index in [0.29, 0.717) is 6.04 Å². The third-order valence-corrected chi connectivity index (χ3v) is 3.34. The van der Waals surface area contributed by atoms with E-state index < -0.39 is 6.16 Å². The van der Waals surface area contributed by atoms with E-state index in [1.54, 1.807) is 0 Å². The molecule has 2 rings (SSSR count). The fourth-order valence-electron chi connectivity index (χ4n) is 2.38. The molecule has 0 unspecified atom stereocenters. The van der Waals surface area contributed by atoms with Crippen molar-refractivity contribution in [1.29, 1.82) is 0 Å². The summed E-state index contributed by atoms with van der Waals surface area (Å²) in [5.41, 5.74) is 0. The summed E-state index contributed by atoms with van der Waals surface area (Å²) in [6.45, 7) is 3.55. The molecule has 0 spiro atoms. The normalized spacial score (nSPS) is 20.1. The van der Waals surface area contributed by atoms with Gasteiger partial charge in [0.15, 0.2) is 0 Å². The number of urea groups is 1. The van der Waals surface area contributed by atoms with Crippen molar-refractivity contribution in [3.8, 4) is 0 Å². The van der Waals surface area contributed by atoms with E-state index in [2.05, 4.69) is 10.6 Å². The molecule has 7 heteroatoms. The molecule has 7 nitrogen and oxygen atoms in total. The number of amides is 2. The Morgan fingerprint density at radius 2 is 1.58 bits per heavy atom. The van der Waals surface area contributed by atoms with Crippen LogP contribution in [0.15, 0.2) is 0 Å². The third kappa shape index (κ3) is 6.85. The van der Waals surface area contributed by atoms with E-state index in [1.807, 2.05) is 4.90 Å². The second-order valence-electron chi connectivity index (χ2n) is 4.80. The third-order valence-electron chi connectivity index (χ3n) is 3.34. The zero-order valence-corrected chi connectivity index (χ0v) is 11.1. The van der Waals surface area contributed by atoms with Crippen molar-refractivity contribution in [3.05, 3.63) is 0 Å². The summed E-state index contributed by atoms with van der Waals surface area (Å²) >= 11 is 0. The quantitative estimate of drug-likeness (QED) is 0.574. The number of nitrogens with one attached hydrogen (secondary N) is 2. The summed E-state index contributed by atoms with van der Waals surface area (Å²) in [6.07, 6.45) is 4.37. The fraction of sp³-hybridized carbons (Fsp3) is 0.833. The molecule has 4 N–H and O–H groups in total. The average molecular weight is 273 g/mol. The van der Waals surface area contributed by atoms with Gasteiger partial charge in [-0.3, -0.25) is 0 Å². The van der Waals surface area contributed by atoms with Gasteiger partial charge in [-0.25, -0.2) is 9.59 Å². The van der Waals surface area contributed by atoms with E-state index >= 15 is 0 Å². The minimum atomic E-state index is -1.83. The van der Waals surface area contributed by atoms with Gasteiger partial charge in [-0.05, 0) is 12.8 Å². The second kappa shape index (κ2) is 8.58. The lowest BCUT2D eigenvalue weighted by molar-refractivity contribution is 0.137. The van der Waals surface area contributed by atoms with Crippen LogP contribution in [0.4, 0.5) is 9.59 Å². The molecule has 0 aromatic rings. The number of carbonyl (C=O) groups is 2. The molecule has 1 heterocycles. The minimum absolute atomic E-state index is 0.142. The van der Waals surface area contributed by atoms with Gasteiger partial charge >= 0.3 is 12.2 Å². The van der Waals surface area contributed by atoms with Crippen LogP contribution in [-0.2, 0) is 0 Å². The summed E-state index contributed by atoms with van der Waals surface area (Å²) in [7, 11) is 0. The van der Waals surface area contributed by atoms with Crippen LogP contribution in [0.25, 0.3) is 0 Å². The van der Waals surface area contributed by atoms with Crippen molar-refractivity contribution >= 4 is 12.2 Å². The van der Waals surface area contributed by atoms with Crippen molar-refractivity contribution in [2.45, 2.75) is 38.1 Å². The van der Waals surface area contributed by atoms with Crippen LogP contribution in [0, 0.1) is 0 Å². The zero-order chi connectivity index (χ0) is 14.1. The van der Waals surface area contributed by atoms with Crippen LogP contribution in [0.2, 0.25) is 0 Å². The molecule has 0 aromatic carbocycles. The smallest absolute Gasteiger partial charge is 0.450 e. The van der Waals surface area contributed by atoms with E-state index in [9.17, 15) is 4.79 Å². The van der Waals surface area contributed by atoms with Gasteiger partial charge in [0, 0.05) is 32.2 Å². The summed E-state index contributed by atoms with van der Waals surface area (Å²) in [4.78, 5) is 22.3. The fourth-order valence-corrected chi connectivity index (χ4v) is 2.38. The first-order chi connectivity index (χ1) is 9.09. The van der Waals surface area contributed by atoms with Gasteiger partial charge in [0.2, 0.25) is 0 Å². The number of nitrogens with zero attached hydrogens (tertiary/aromatic N) is 1. The van der Waals surface area contributed by atoms with Crippen molar-refractivity contribution in [2.75, 3.05) is 26.2 Å². The highest BCUT2D eigenvalue weighted by Crippen LogP contribution is 2.17. The van der Waals surface area contributed by atoms with Gasteiger partial charge in [0.25, 0.3) is 0 Å². The van der Waals surface area contributed by atoms with Crippen molar-refractivity contribution < 1.29 is 19.8 Å². The first-order valence-corrected chi connectivity index (χ1v) is 6.77. The Kier molecular flexibility index (Phi) is 7.02. The van der Waals surface area contributed by atoms with Crippen molar-refractivity contribution in [2.24, 2.45) is 0 Å². The van der Waals surface area contributed by atoms with E-state index in [0.717, 1.165) is 39.0 Å². The number of rotatable bonds is 1. The average Bonchev–Trinajstić information content (AvgIpc) is 2.40. The molecule has 0 aromatic heterocycles. The Bertz CT molecular complexity index is 283. The maximum absolute atomic E-state index is 11.9. The molecule has 0 radical (unpaired) electrons. The van der Waals surface area contributed by atoms with Crippen molar-refractivity contribution in [1.82, 2.24) is 15.5 Å². The van der Waals surface area contributed by atoms with Crippen molar-refractivity contribution in [3.63, 3.8) is 0 Å². The van der Waals surface area contributed by atoms with Crippen LogP contribution >= 0.6 is 0 Å². The summed E-state index contributed by atoms with van der Waals surface area (Å²) < 4.78 is 0. The van der Waals surface area contributed by atoms with Gasteiger partial charge in [-0.2, -0.15) is 0 Å². The molecular weight excluding hydrogens is 250 g/mol. The lowest BCUT2D eigenvalue weighted by Gasteiger charge is -2.31. The molecule has 19 heavy (non-hydrogen) atoms. The first kappa shape index (κ1) is 15.6. The minimum Gasteiger partial charge on any atom is -0.450 e. The molecule has 1 aliphatic heterocycles. The Balaban J connectivity index is 0.000000399. The second-order valence-corrected chi connectivity index (χ2v) is 4.80. The number of hydrogen-bond acceptors (Lipinski definition) is 3. The number of carbonyl (C=O) groups excluding carboxylic acids is 1. The SMILES string of the molecule is O=C(NC1CCCCC1)N1CCNCC1.O=C(O)O. The molecule has 2 aliphatic rings. The Hall–Kier alpha value is -1.50. The van der Waals surface area contributed by atoms with Gasteiger partial charge in [0.1, 0.15) is 0 Å². The molecule has 1 saturated carbocycles. The molecule has 2 fully saturated rings. The van der Waals surface area contributed by atoms with Gasteiger partial charge in [-0.1, -0.05) is 19.3 Å². The highest BCUT2D eigenvalue weighted by molar-refractivity contribution is 5.74. The van der Waals surface area contributed by atoms with Gasteiger partial charge in [0.05, 0.1) is 0 Å². The predicted octanol–water partition coefficient (Wildman–Crippen LogP) is 1.16. The van der Waals surface area contributed by atoms with E-state index in [1.165, 1.54) is 19.3 Å². The summed E-state index contributed by atoms with van der Waals surface area (Å²) in [5, 5.41) is 20.3. The largest absolute Gasteiger partial charge is 0.503 e. The summed E-state index contributed by atoms with van der Waals surface area (Å²) in [6, 6.07) is 0.574. The summed E-state index contributed by atoms with van der Waals surface area (Å²) in [5.74, 6) is 0. The molecule has 110 valence electrons. The Labute approximate surface area is 113 Å². The molecular formula is C12H23N3O4. The van der Waals surface area contributed by atoms with Gasteiger partial charge in [-0.15, -0.1) is 0 Å². The number of piperazine rings is 1. The highest BCUT2D eigenvalue weighted by atomic mass is 16.6. The van der Waals surface area contributed by atoms with E-state index in [-0.39, 0.29) is 6.03 Å². The molecule has 2 amide bonds. The number of hydrogen-bond donors (Lipinski definition) is 4. The van der Waals surface area contributed by atoms with Crippen LogP contribution in [-0.4, -0.2) is 59.5 Å². The number of carboxylic acid groups (broad SMARTS) is 2. The maximum atomic E-state index is 11.9. The van der Waals surface area contributed by atoms with Crippen LogP contribution < -0.4 is 10.6 Å².